The third-order valence-electron chi connectivity index (χ3n) is 3.59. The fourth-order valence-electron chi connectivity index (χ4n) is 2.26. The van der Waals surface area contributed by atoms with Gasteiger partial charge in [0.05, 0.1) is 6.61 Å². The first kappa shape index (κ1) is 14.9. The number of carbonyl (C=O) groups excluding carboxylic acids is 1. The second-order valence-electron chi connectivity index (χ2n) is 5.22. The molecule has 0 spiro atoms. The van der Waals surface area contributed by atoms with Gasteiger partial charge in [-0.3, -0.25) is 9.00 Å². The molecule has 2 rings (SSSR count). The van der Waals surface area contributed by atoms with Crippen molar-refractivity contribution in [1.29, 1.82) is 0 Å². The van der Waals surface area contributed by atoms with Gasteiger partial charge in [-0.1, -0.05) is 0 Å². The second-order valence-corrected chi connectivity index (χ2v) is 6.92. The van der Waals surface area contributed by atoms with Crippen LogP contribution in [-0.2, 0) is 20.3 Å². The number of hydrogen-bond donors (Lipinski definition) is 1. The van der Waals surface area contributed by atoms with E-state index >= 15 is 0 Å². The molecule has 0 aromatic heterocycles. The minimum Gasteiger partial charge on any atom is -0.465 e. The molecule has 110 valence electrons. The lowest BCUT2D eigenvalue weighted by molar-refractivity contribution is -0.146. The number of hydrogen-bond acceptors (Lipinski definition) is 5. The van der Waals surface area contributed by atoms with Crippen LogP contribution in [0.4, 0.5) is 0 Å². The van der Waals surface area contributed by atoms with E-state index in [0.29, 0.717) is 12.6 Å². The van der Waals surface area contributed by atoms with Crippen LogP contribution in [0.25, 0.3) is 0 Å². The molecular formula is C13H24N2O3S. The van der Waals surface area contributed by atoms with E-state index in [1.54, 1.807) is 0 Å². The van der Waals surface area contributed by atoms with Gasteiger partial charge in [0.2, 0.25) is 0 Å². The van der Waals surface area contributed by atoms with Crippen LogP contribution in [0.15, 0.2) is 0 Å². The van der Waals surface area contributed by atoms with E-state index in [2.05, 4.69) is 10.2 Å². The van der Waals surface area contributed by atoms with Crippen LogP contribution in [-0.4, -0.2) is 64.9 Å². The highest BCUT2D eigenvalue weighted by Crippen LogP contribution is 2.20. The summed E-state index contributed by atoms with van der Waals surface area (Å²) in [5.41, 5.74) is 0. The lowest BCUT2D eigenvalue weighted by Crippen LogP contribution is -2.44. The Kier molecular flexibility index (Phi) is 5.78. The predicted molar refractivity (Wildman–Crippen MR) is 75.5 cm³/mol. The third-order valence-corrected chi connectivity index (χ3v) is 4.87. The first-order valence-corrected chi connectivity index (χ1v) is 8.68. The topological polar surface area (TPSA) is 58.6 Å². The van der Waals surface area contributed by atoms with E-state index in [9.17, 15) is 9.00 Å². The molecule has 1 unspecified atom stereocenters. The summed E-state index contributed by atoms with van der Waals surface area (Å²) in [5, 5.41) is 3.36. The maximum Gasteiger partial charge on any atom is 0.323 e. The Hall–Kier alpha value is -0.460. The zero-order valence-electron chi connectivity index (χ0n) is 11.6. The van der Waals surface area contributed by atoms with Crippen LogP contribution >= 0.6 is 0 Å². The van der Waals surface area contributed by atoms with E-state index in [0.717, 1.165) is 37.6 Å². The van der Waals surface area contributed by atoms with Gasteiger partial charge < -0.3 is 15.0 Å². The molecule has 6 heteroatoms. The van der Waals surface area contributed by atoms with E-state index in [1.165, 1.54) is 12.8 Å². The van der Waals surface area contributed by atoms with Crippen LogP contribution in [0.2, 0.25) is 0 Å². The molecule has 1 heterocycles. The Morgan fingerprint density at radius 1 is 1.42 bits per heavy atom. The fraction of sp³-hybridized carbons (Fsp3) is 0.923. The molecule has 1 saturated carbocycles. The molecule has 1 atom stereocenters. The molecule has 0 amide bonds. The quantitative estimate of drug-likeness (QED) is 0.675. The molecule has 19 heavy (non-hydrogen) atoms. The second kappa shape index (κ2) is 7.36. The average Bonchev–Trinajstić information content (AvgIpc) is 3.20. The molecule has 5 nitrogen and oxygen atoms in total. The summed E-state index contributed by atoms with van der Waals surface area (Å²) in [6.07, 6.45) is 3.11. The maximum atomic E-state index is 11.9. The largest absolute Gasteiger partial charge is 0.465 e. The van der Waals surface area contributed by atoms with Gasteiger partial charge in [-0.2, -0.15) is 0 Å². The minimum atomic E-state index is -0.635. The van der Waals surface area contributed by atoms with Crippen molar-refractivity contribution in [3.05, 3.63) is 0 Å². The summed E-state index contributed by atoms with van der Waals surface area (Å²) in [7, 11) is -0.635. The number of ether oxygens (including phenoxy) is 1. The first-order valence-electron chi connectivity index (χ1n) is 7.19. The molecule has 1 aliphatic carbocycles. The van der Waals surface area contributed by atoms with Crippen molar-refractivity contribution >= 4 is 16.8 Å². The van der Waals surface area contributed by atoms with Gasteiger partial charge in [0, 0.05) is 48.0 Å². The van der Waals surface area contributed by atoms with Gasteiger partial charge in [-0.05, 0) is 26.2 Å². The van der Waals surface area contributed by atoms with E-state index < -0.39 is 10.8 Å². The normalized spacial score (nSPS) is 23.2. The van der Waals surface area contributed by atoms with Crippen LogP contribution in [0.1, 0.15) is 26.2 Å². The van der Waals surface area contributed by atoms with Gasteiger partial charge in [0.15, 0.2) is 0 Å². The Labute approximate surface area is 117 Å². The number of carbonyl (C=O) groups is 1. The Bertz CT molecular complexity index is 324. The number of esters is 1. The van der Waals surface area contributed by atoms with Crippen LogP contribution in [0.5, 0.6) is 0 Å². The predicted octanol–water partition coefficient (Wildman–Crippen LogP) is 0.125. The lowest BCUT2D eigenvalue weighted by atomic mass is 10.2. The van der Waals surface area contributed by atoms with Crippen LogP contribution in [0, 0.1) is 0 Å². The van der Waals surface area contributed by atoms with Crippen molar-refractivity contribution in [1.82, 2.24) is 10.2 Å². The van der Waals surface area contributed by atoms with E-state index in [-0.39, 0.29) is 12.0 Å². The molecule has 1 N–H and O–H groups in total. The summed E-state index contributed by atoms with van der Waals surface area (Å²) in [5.74, 6) is 1.40. The number of rotatable bonds is 7. The molecule has 2 aliphatic rings. The fourth-order valence-corrected chi connectivity index (χ4v) is 3.39. The van der Waals surface area contributed by atoms with E-state index in [1.807, 2.05) is 6.92 Å². The van der Waals surface area contributed by atoms with Crippen molar-refractivity contribution in [3.63, 3.8) is 0 Å². The highest BCUT2D eigenvalue weighted by atomic mass is 32.2. The SMILES string of the molecule is CCOC(=O)C(CCN1CCS(=O)CC1)NC1CC1. The highest BCUT2D eigenvalue weighted by Gasteiger charge is 2.29. The Balaban J connectivity index is 1.74. The Morgan fingerprint density at radius 3 is 2.68 bits per heavy atom. The zero-order valence-corrected chi connectivity index (χ0v) is 12.4. The molecule has 0 bridgehead atoms. The molecule has 0 radical (unpaired) electrons. The first-order chi connectivity index (χ1) is 9.19. The molecule has 0 aromatic carbocycles. The zero-order chi connectivity index (χ0) is 13.7. The lowest BCUT2D eigenvalue weighted by Gasteiger charge is -2.27. The third kappa shape index (κ3) is 5.20. The van der Waals surface area contributed by atoms with Crippen LogP contribution < -0.4 is 5.32 Å². The van der Waals surface area contributed by atoms with Crippen molar-refractivity contribution in [3.8, 4) is 0 Å². The Morgan fingerprint density at radius 2 is 2.11 bits per heavy atom. The molecule has 2 fully saturated rings. The monoisotopic (exact) mass is 288 g/mol. The van der Waals surface area contributed by atoms with Gasteiger partial charge in [0.1, 0.15) is 6.04 Å². The summed E-state index contributed by atoms with van der Waals surface area (Å²) in [6, 6.07) is 0.322. The maximum absolute atomic E-state index is 11.9. The van der Waals surface area contributed by atoms with Crippen molar-refractivity contribution in [2.24, 2.45) is 0 Å². The summed E-state index contributed by atoms with van der Waals surface area (Å²) in [4.78, 5) is 14.2. The number of nitrogens with one attached hydrogen (secondary N) is 1. The summed E-state index contributed by atoms with van der Waals surface area (Å²) < 4.78 is 16.4. The van der Waals surface area contributed by atoms with Gasteiger partial charge in [0.25, 0.3) is 0 Å². The van der Waals surface area contributed by atoms with Gasteiger partial charge in [-0.15, -0.1) is 0 Å². The van der Waals surface area contributed by atoms with Gasteiger partial charge in [-0.25, -0.2) is 0 Å². The minimum absolute atomic E-state index is 0.130. The highest BCUT2D eigenvalue weighted by molar-refractivity contribution is 7.85. The van der Waals surface area contributed by atoms with Crippen molar-refractivity contribution in [2.45, 2.75) is 38.3 Å². The molecular weight excluding hydrogens is 264 g/mol. The van der Waals surface area contributed by atoms with Crippen LogP contribution in [0.3, 0.4) is 0 Å². The average molecular weight is 288 g/mol. The molecule has 1 saturated heterocycles. The smallest absolute Gasteiger partial charge is 0.323 e. The standard InChI is InChI=1S/C13H24N2O3S/c1-2-18-13(16)12(14-11-3-4-11)5-6-15-7-9-19(17)10-8-15/h11-12,14H,2-10H2,1H3. The summed E-state index contributed by atoms with van der Waals surface area (Å²) in [6.45, 7) is 4.91. The van der Waals surface area contributed by atoms with E-state index in [4.69, 9.17) is 4.74 Å². The summed E-state index contributed by atoms with van der Waals surface area (Å²) >= 11 is 0. The van der Waals surface area contributed by atoms with Gasteiger partial charge >= 0.3 is 5.97 Å². The van der Waals surface area contributed by atoms with Crippen molar-refractivity contribution < 1.29 is 13.7 Å². The van der Waals surface area contributed by atoms with Crippen molar-refractivity contribution in [2.75, 3.05) is 37.7 Å². The number of nitrogens with zero attached hydrogens (tertiary/aromatic N) is 1. The molecule has 1 aliphatic heterocycles. The molecule has 0 aromatic rings.